The maximum absolute atomic E-state index is 5.79. The maximum Gasteiger partial charge on any atom is 0.257 e. The quantitative estimate of drug-likeness (QED) is 0.867. The summed E-state index contributed by atoms with van der Waals surface area (Å²) in [5, 5.41) is 7.13. The van der Waals surface area contributed by atoms with Crippen LogP contribution in [0, 0.1) is 0 Å². The zero-order valence-corrected chi connectivity index (χ0v) is 11.0. The second-order valence-corrected chi connectivity index (χ2v) is 4.35. The Labute approximate surface area is 118 Å². The van der Waals surface area contributed by atoms with E-state index in [-0.39, 0.29) is 29.7 Å². The Balaban J connectivity index is 1.74. The molecule has 0 radical (unpaired) electrons. The van der Waals surface area contributed by atoms with Crippen LogP contribution in [-0.4, -0.2) is 22.0 Å². The Morgan fingerprint density at radius 2 is 2.00 bits per heavy atom. The normalized spacial score (nSPS) is 12.5. The lowest BCUT2D eigenvalue weighted by Gasteiger charge is -2.06. The highest BCUT2D eigenvalue weighted by Crippen LogP contribution is 2.32. The van der Waals surface area contributed by atoms with Gasteiger partial charge in [-0.3, -0.25) is 0 Å². The van der Waals surface area contributed by atoms with Crippen LogP contribution in [0.3, 0.4) is 0 Å². The van der Waals surface area contributed by atoms with Crippen molar-refractivity contribution < 1.29 is 14.2 Å². The Hall–Kier alpha value is -1.79. The maximum atomic E-state index is 5.79. The van der Waals surface area contributed by atoms with E-state index in [1.54, 1.807) is 0 Å². The van der Waals surface area contributed by atoms with Gasteiger partial charge < -0.3 is 14.2 Å². The van der Waals surface area contributed by atoms with Gasteiger partial charge in [-0.2, -0.15) is 4.98 Å². The number of hydrogen-bond acceptors (Lipinski definition) is 6. The summed E-state index contributed by atoms with van der Waals surface area (Å²) in [4.78, 5) is 3.84. The van der Waals surface area contributed by atoms with Gasteiger partial charge in [0.25, 0.3) is 5.88 Å². The first kappa shape index (κ1) is 12.3. The summed E-state index contributed by atoms with van der Waals surface area (Å²) >= 11 is 11.4. The minimum atomic E-state index is -0.0231. The van der Waals surface area contributed by atoms with Gasteiger partial charge >= 0.3 is 0 Å². The summed E-state index contributed by atoms with van der Waals surface area (Å²) in [6.45, 7) is 0.488. The highest BCUT2D eigenvalue weighted by molar-refractivity contribution is 6.31. The molecule has 2 aromatic rings. The summed E-state index contributed by atoms with van der Waals surface area (Å²) < 4.78 is 15.9. The first-order valence-corrected chi connectivity index (χ1v) is 6.05. The van der Waals surface area contributed by atoms with Crippen molar-refractivity contribution in [3.05, 3.63) is 34.2 Å². The fraction of sp³-hybridized carbons (Fsp3) is 0.182. The van der Waals surface area contributed by atoms with E-state index in [1.165, 1.54) is 0 Å². The van der Waals surface area contributed by atoms with E-state index in [2.05, 4.69) is 15.2 Å². The van der Waals surface area contributed by atoms with Crippen molar-refractivity contribution >= 4 is 23.2 Å². The molecular formula is C11H7Cl2N3O3. The van der Waals surface area contributed by atoms with Gasteiger partial charge in [-0.05, 0) is 29.3 Å². The number of benzene rings is 1. The van der Waals surface area contributed by atoms with Gasteiger partial charge in [0.15, 0.2) is 11.5 Å². The monoisotopic (exact) mass is 299 g/mol. The number of nitrogens with zero attached hydrogens (tertiary/aromatic N) is 3. The van der Waals surface area contributed by atoms with Crippen molar-refractivity contribution in [2.45, 2.75) is 6.61 Å². The van der Waals surface area contributed by atoms with Crippen molar-refractivity contribution in [3.8, 4) is 17.4 Å². The lowest BCUT2D eigenvalue weighted by atomic mass is 10.2. The Bertz CT molecular complexity index is 624. The van der Waals surface area contributed by atoms with Gasteiger partial charge in [0.2, 0.25) is 17.2 Å². The molecule has 0 atom stereocenters. The molecule has 0 saturated heterocycles. The van der Waals surface area contributed by atoms with Crippen LogP contribution in [0.25, 0.3) is 0 Å². The molecule has 19 heavy (non-hydrogen) atoms. The number of rotatable bonds is 3. The lowest BCUT2D eigenvalue weighted by Crippen LogP contribution is -2.00. The van der Waals surface area contributed by atoms with Crippen LogP contribution >= 0.6 is 23.2 Å². The molecule has 1 aliphatic rings. The van der Waals surface area contributed by atoms with Crippen molar-refractivity contribution in [3.63, 3.8) is 0 Å². The average molecular weight is 300 g/mol. The Morgan fingerprint density at radius 3 is 2.89 bits per heavy atom. The van der Waals surface area contributed by atoms with E-state index in [1.807, 2.05) is 18.2 Å². The molecule has 0 amide bonds. The van der Waals surface area contributed by atoms with Gasteiger partial charge in [0, 0.05) is 0 Å². The van der Waals surface area contributed by atoms with Crippen molar-refractivity contribution in [1.82, 2.24) is 15.2 Å². The van der Waals surface area contributed by atoms with E-state index in [4.69, 9.17) is 37.4 Å². The molecule has 0 unspecified atom stereocenters. The first-order chi connectivity index (χ1) is 9.22. The van der Waals surface area contributed by atoms with Crippen LogP contribution in [-0.2, 0) is 6.61 Å². The van der Waals surface area contributed by atoms with Crippen LogP contribution < -0.4 is 14.2 Å². The third-order valence-corrected chi connectivity index (χ3v) is 2.80. The van der Waals surface area contributed by atoms with E-state index in [0.717, 1.165) is 5.56 Å². The van der Waals surface area contributed by atoms with Crippen molar-refractivity contribution in [2.75, 3.05) is 6.79 Å². The zero-order chi connectivity index (χ0) is 13.2. The van der Waals surface area contributed by atoms with E-state index in [9.17, 15) is 0 Å². The van der Waals surface area contributed by atoms with Crippen molar-refractivity contribution in [1.29, 1.82) is 0 Å². The van der Waals surface area contributed by atoms with Crippen LogP contribution in [0.2, 0.25) is 10.4 Å². The van der Waals surface area contributed by atoms with Gasteiger partial charge in [0.05, 0.1) is 0 Å². The fourth-order valence-corrected chi connectivity index (χ4v) is 1.80. The van der Waals surface area contributed by atoms with Crippen molar-refractivity contribution in [2.24, 2.45) is 0 Å². The molecule has 6 nitrogen and oxygen atoms in total. The van der Waals surface area contributed by atoms with Crippen LogP contribution in [0.4, 0.5) is 0 Å². The molecular weight excluding hydrogens is 293 g/mol. The molecule has 8 heteroatoms. The number of hydrogen-bond donors (Lipinski definition) is 0. The fourth-order valence-electron chi connectivity index (χ4n) is 1.55. The van der Waals surface area contributed by atoms with Crippen LogP contribution in [0.5, 0.6) is 17.4 Å². The van der Waals surface area contributed by atoms with Crippen LogP contribution in [0.1, 0.15) is 5.56 Å². The van der Waals surface area contributed by atoms with Gasteiger partial charge in [-0.15, -0.1) is 10.2 Å². The molecule has 98 valence electrons. The molecule has 0 bridgehead atoms. The topological polar surface area (TPSA) is 66.4 Å². The minimum Gasteiger partial charge on any atom is -0.470 e. The third kappa shape index (κ3) is 2.64. The SMILES string of the molecule is Clc1nnc(Cl)c(OCc2ccc3c(c2)OCO3)n1. The minimum absolute atomic E-state index is 0.0231. The largest absolute Gasteiger partial charge is 0.470 e. The first-order valence-electron chi connectivity index (χ1n) is 5.29. The van der Waals surface area contributed by atoms with E-state index < -0.39 is 0 Å². The van der Waals surface area contributed by atoms with Gasteiger partial charge in [0.1, 0.15) is 6.61 Å². The summed E-state index contributed by atoms with van der Waals surface area (Å²) in [5.74, 6) is 1.54. The molecule has 0 spiro atoms. The average Bonchev–Trinajstić information content (AvgIpc) is 2.87. The summed E-state index contributed by atoms with van der Waals surface area (Å²) in [5.41, 5.74) is 0.884. The molecule has 0 aliphatic carbocycles. The van der Waals surface area contributed by atoms with E-state index >= 15 is 0 Å². The Morgan fingerprint density at radius 1 is 1.16 bits per heavy atom. The number of halogens is 2. The standard InChI is InChI=1S/C11H7Cl2N3O3/c12-9-10(14-11(13)16-15-9)17-4-6-1-2-7-8(3-6)19-5-18-7/h1-3H,4-5H2. The lowest BCUT2D eigenvalue weighted by molar-refractivity contribution is 0.174. The second-order valence-electron chi connectivity index (χ2n) is 3.65. The molecule has 0 saturated carbocycles. The summed E-state index contributed by atoms with van der Waals surface area (Å²) in [6, 6.07) is 5.50. The molecule has 0 fully saturated rings. The molecule has 3 rings (SSSR count). The van der Waals surface area contributed by atoms with E-state index in [0.29, 0.717) is 11.5 Å². The molecule has 2 heterocycles. The summed E-state index contributed by atoms with van der Waals surface area (Å²) in [7, 11) is 0. The zero-order valence-electron chi connectivity index (χ0n) is 9.47. The molecule has 1 aromatic carbocycles. The second kappa shape index (κ2) is 5.07. The smallest absolute Gasteiger partial charge is 0.257 e. The highest BCUT2D eigenvalue weighted by Gasteiger charge is 2.14. The third-order valence-electron chi connectivity index (χ3n) is 2.40. The molecule has 1 aliphatic heterocycles. The number of fused-ring (bicyclic) bond motifs is 1. The molecule has 1 aromatic heterocycles. The predicted octanol–water partition coefficient (Wildman–Crippen LogP) is 2.49. The number of ether oxygens (including phenoxy) is 3. The van der Waals surface area contributed by atoms with Gasteiger partial charge in [-0.25, -0.2) is 0 Å². The summed E-state index contributed by atoms with van der Waals surface area (Å²) in [6.07, 6.45) is 0. The Kier molecular flexibility index (Phi) is 3.27. The van der Waals surface area contributed by atoms with Crippen LogP contribution in [0.15, 0.2) is 18.2 Å². The molecule has 0 N–H and O–H groups in total. The highest BCUT2D eigenvalue weighted by atomic mass is 35.5. The van der Waals surface area contributed by atoms with Gasteiger partial charge in [-0.1, -0.05) is 17.7 Å². The predicted molar refractivity (Wildman–Crippen MR) is 66.7 cm³/mol. The number of aromatic nitrogens is 3.